The molecule has 16 heteroatoms. The average molecular weight is 1320 g/mol. The molecule has 12 rings (SSSR count). The molecule has 16 nitrogen and oxygen atoms in total. The normalized spacial score (nSPS) is 25.7. The summed E-state index contributed by atoms with van der Waals surface area (Å²) in [5.41, 5.74) is 8.09. The molecule has 97 heavy (non-hydrogen) atoms. The van der Waals surface area contributed by atoms with E-state index in [1.807, 2.05) is 273 Å². The highest BCUT2D eigenvalue weighted by Crippen LogP contribution is 2.39. The van der Waals surface area contributed by atoms with Gasteiger partial charge >= 0.3 is 0 Å². The van der Waals surface area contributed by atoms with Gasteiger partial charge in [-0.1, -0.05) is 273 Å². The molecule has 2 N–H and O–H groups in total. The molecule has 0 unspecified atom stereocenters. The highest BCUT2D eigenvalue weighted by molar-refractivity contribution is 5.21. The summed E-state index contributed by atoms with van der Waals surface area (Å²) in [6, 6.07) is 88.3. The lowest BCUT2D eigenvalue weighted by Crippen LogP contribution is -2.68. The second-order valence-corrected chi connectivity index (χ2v) is 24.4. The zero-order valence-corrected chi connectivity index (χ0v) is 54.2. The van der Waals surface area contributed by atoms with Crippen molar-refractivity contribution in [3.63, 3.8) is 0 Å². The number of aliphatic hydroxyl groups is 2. The smallest absolute Gasteiger partial charge is 0.187 e. The van der Waals surface area contributed by atoms with Crippen molar-refractivity contribution in [1.82, 2.24) is 0 Å². The van der Waals surface area contributed by atoms with Gasteiger partial charge in [0.05, 0.1) is 79.3 Å². The van der Waals surface area contributed by atoms with Crippen molar-refractivity contribution in [2.45, 2.75) is 152 Å². The number of rotatable bonds is 34. The fraction of sp³-hybridized carbons (Fsp3) is 0.333. The maximum Gasteiger partial charge on any atom is 0.187 e. The molecular weight excluding hydrogens is 1230 g/mol. The SMILES string of the molecule is O[C@@H]1[C@H](O[C@@H]2O[C@H](COCc3ccccc3)[C@@H](OCc3ccccc3)[C@H](OCc3ccccc3)[C@H]2OCc2ccccc2)[C@@H](OCc2ccccc2)[C@H](O[C@H]2[C@H](OCc3ccccc3)[C@@H](OCc3ccccc3)[C@H](O)O[C@@H]2COCc2ccccc2)O[C@@H]1COCc1ccccc1. The Bertz CT molecular complexity index is 3600. The molecule has 3 aliphatic heterocycles. The van der Waals surface area contributed by atoms with E-state index in [-0.39, 0.29) is 79.3 Å². The zero-order chi connectivity index (χ0) is 66.1. The van der Waals surface area contributed by atoms with Crippen LogP contribution >= 0.6 is 0 Å². The first kappa shape index (κ1) is 69.2. The first-order valence-electron chi connectivity index (χ1n) is 33.4. The molecule has 506 valence electrons. The zero-order valence-electron chi connectivity index (χ0n) is 54.2. The van der Waals surface area contributed by atoms with Gasteiger partial charge in [-0.3, -0.25) is 0 Å². The molecule has 3 aliphatic rings. The van der Waals surface area contributed by atoms with Crippen LogP contribution in [0.5, 0.6) is 0 Å². The minimum Gasteiger partial charge on any atom is -0.387 e. The molecule has 3 fully saturated rings. The number of aliphatic hydroxyl groups excluding tert-OH is 2. The summed E-state index contributed by atoms with van der Waals surface area (Å²) >= 11 is 0. The lowest BCUT2D eigenvalue weighted by Gasteiger charge is -2.51. The van der Waals surface area contributed by atoms with Crippen LogP contribution in [-0.2, 0) is 126 Å². The molecule has 0 aliphatic carbocycles. The Morgan fingerprint density at radius 2 is 0.464 bits per heavy atom. The van der Waals surface area contributed by atoms with Gasteiger partial charge in [-0.15, -0.1) is 0 Å². The molecule has 9 aromatic carbocycles. The minimum atomic E-state index is -1.51. The summed E-state index contributed by atoms with van der Waals surface area (Å²) in [6.45, 7) is 1.25. The van der Waals surface area contributed by atoms with Crippen molar-refractivity contribution in [3.8, 4) is 0 Å². The fourth-order valence-electron chi connectivity index (χ4n) is 12.2. The van der Waals surface area contributed by atoms with Crippen LogP contribution in [0, 0.1) is 0 Å². The van der Waals surface area contributed by atoms with Gasteiger partial charge in [0.15, 0.2) is 18.9 Å². The lowest BCUT2D eigenvalue weighted by atomic mass is 9.95. The van der Waals surface area contributed by atoms with Crippen molar-refractivity contribution < 1.29 is 76.5 Å². The van der Waals surface area contributed by atoms with E-state index in [1.165, 1.54) is 0 Å². The van der Waals surface area contributed by atoms with Gasteiger partial charge in [-0.25, -0.2) is 0 Å². The van der Waals surface area contributed by atoms with Gasteiger partial charge in [0.25, 0.3) is 0 Å². The summed E-state index contributed by atoms with van der Waals surface area (Å²) in [6.07, 6.45) is -17.5. The second kappa shape index (κ2) is 36.8. The third-order valence-electron chi connectivity index (χ3n) is 17.3. The van der Waals surface area contributed by atoms with Crippen LogP contribution in [-0.4, -0.2) is 122 Å². The standard InChI is InChI=1S/C81H86O16/c82-70-67(55-84-46-58-28-10-1-11-29-58)94-80(96-72-69(57-86-48-60-32-14-3-15-33-60)93-79(83)76(90-52-64-40-22-7-23-41-64)75(72)89-51-63-38-20-6-21-39-63)77(91-53-65-42-24-8-25-43-65)73(70)97-81-78(92-54-66-44-26-9-27-45-66)74(88-50-62-36-18-5-19-37-62)71(87-49-61-34-16-4-17-35-61)68(95-81)56-85-47-59-30-12-2-13-31-59/h1-45,67-83H,46-57H2/t67-,68-,69-,70+,71-,72-,73+,74+,75+,76-,77-,78-,79-,80+,81+/m1/s1. The van der Waals surface area contributed by atoms with E-state index in [0.29, 0.717) is 0 Å². The topological polar surface area (TPSA) is 170 Å². The molecule has 9 aromatic rings. The number of ether oxygens (including phenoxy) is 14. The monoisotopic (exact) mass is 1310 g/mol. The van der Waals surface area contributed by atoms with E-state index < -0.39 is 92.1 Å². The summed E-state index contributed by atoms with van der Waals surface area (Å²) in [7, 11) is 0. The first-order valence-corrected chi connectivity index (χ1v) is 33.4. The van der Waals surface area contributed by atoms with Crippen LogP contribution in [0.3, 0.4) is 0 Å². The Balaban J connectivity index is 0.953. The van der Waals surface area contributed by atoms with Gasteiger partial charge in [0, 0.05) is 0 Å². The van der Waals surface area contributed by atoms with Crippen molar-refractivity contribution in [2.75, 3.05) is 19.8 Å². The summed E-state index contributed by atoms with van der Waals surface area (Å²) < 4.78 is 98.1. The average Bonchev–Trinajstić information content (AvgIpc) is 0.779. The third-order valence-corrected chi connectivity index (χ3v) is 17.3. The minimum absolute atomic E-state index is 0.0182. The van der Waals surface area contributed by atoms with Gasteiger partial charge in [-0.2, -0.15) is 0 Å². The van der Waals surface area contributed by atoms with Crippen molar-refractivity contribution in [1.29, 1.82) is 0 Å². The van der Waals surface area contributed by atoms with E-state index in [9.17, 15) is 10.2 Å². The summed E-state index contributed by atoms with van der Waals surface area (Å²) in [5, 5.41) is 25.7. The maximum atomic E-state index is 13.4. The predicted octanol–water partition coefficient (Wildman–Crippen LogP) is 12.4. The molecule has 3 heterocycles. The van der Waals surface area contributed by atoms with Crippen LogP contribution in [0.4, 0.5) is 0 Å². The highest BCUT2D eigenvalue weighted by Gasteiger charge is 2.57. The Kier molecular flexibility index (Phi) is 26.3. The van der Waals surface area contributed by atoms with E-state index in [2.05, 4.69) is 0 Å². The van der Waals surface area contributed by atoms with Crippen molar-refractivity contribution in [3.05, 3.63) is 323 Å². The van der Waals surface area contributed by atoms with Gasteiger partial charge < -0.3 is 76.5 Å². The predicted molar refractivity (Wildman–Crippen MR) is 362 cm³/mol. The molecule has 0 radical (unpaired) electrons. The molecule has 0 bridgehead atoms. The van der Waals surface area contributed by atoms with E-state index in [1.54, 1.807) is 0 Å². The van der Waals surface area contributed by atoms with E-state index in [0.717, 1.165) is 50.1 Å². The van der Waals surface area contributed by atoms with Gasteiger partial charge in [0.1, 0.15) is 73.2 Å². The largest absolute Gasteiger partial charge is 0.387 e. The first-order chi connectivity index (χ1) is 47.9. The molecule has 0 amide bonds. The Morgan fingerprint density at radius 3 is 0.804 bits per heavy atom. The number of hydrogen-bond donors (Lipinski definition) is 2. The quantitative estimate of drug-likeness (QED) is 0.0390. The Labute approximate surface area is 568 Å². The third kappa shape index (κ3) is 20.2. The molecule has 3 saturated heterocycles. The lowest BCUT2D eigenvalue weighted by molar-refractivity contribution is -0.392. The fourth-order valence-corrected chi connectivity index (χ4v) is 12.2. The van der Waals surface area contributed by atoms with Crippen molar-refractivity contribution >= 4 is 0 Å². The summed E-state index contributed by atoms with van der Waals surface area (Å²) in [5.74, 6) is 0. The highest BCUT2D eigenvalue weighted by atomic mass is 16.8. The molecule has 0 aromatic heterocycles. The Morgan fingerprint density at radius 1 is 0.227 bits per heavy atom. The maximum absolute atomic E-state index is 13.4. The van der Waals surface area contributed by atoms with Gasteiger partial charge in [0.2, 0.25) is 0 Å². The summed E-state index contributed by atoms with van der Waals surface area (Å²) in [4.78, 5) is 0. The van der Waals surface area contributed by atoms with Crippen LogP contribution in [0.15, 0.2) is 273 Å². The van der Waals surface area contributed by atoms with Gasteiger partial charge in [-0.05, 0) is 50.1 Å². The van der Waals surface area contributed by atoms with Crippen molar-refractivity contribution in [2.24, 2.45) is 0 Å². The van der Waals surface area contributed by atoms with E-state index in [4.69, 9.17) is 66.3 Å². The molecule has 0 saturated carbocycles. The van der Waals surface area contributed by atoms with Crippen LogP contribution < -0.4 is 0 Å². The van der Waals surface area contributed by atoms with E-state index >= 15 is 0 Å². The van der Waals surface area contributed by atoms with Crippen LogP contribution in [0.1, 0.15) is 50.1 Å². The number of hydrogen-bond acceptors (Lipinski definition) is 16. The van der Waals surface area contributed by atoms with Crippen LogP contribution in [0.25, 0.3) is 0 Å². The molecular formula is C81H86O16. The second-order valence-electron chi connectivity index (χ2n) is 24.4. The molecule has 15 atom stereocenters. The number of benzene rings is 9. The Hall–Kier alpha value is -7.66. The molecule has 0 spiro atoms. The van der Waals surface area contributed by atoms with Crippen LogP contribution in [0.2, 0.25) is 0 Å².